The van der Waals surface area contributed by atoms with Crippen LogP contribution in [0, 0.1) is 13.8 Å². The van der Waals surface area contributed by atoms with Crippen molar-refractivity contribution in [2.24, 2.45) is 0 Å². The molecule has 6 heteroatoms. The average molecular weight is 347 g/mol. The van der Waals surface area contributed by atoms with Gasteiger partial charge in [-0.3, -0.25) is 9.59 Å². The van der Waals surface area contributed by atoms with Gasteiger partial charge in [0.2, 0.25) is 5.91 Å². The van der Waals surface area contributed by atoms with Crippen LogP contribution in [0.15, 0.2) is 34.7 Å². The van der Waals surface area contributed by atoms with Gasteiger partial charge in [0.1, 0.15) is 17.6 Å². The average Bonchev–Trinajstić information content (AvgIpc) is 3.09. The van der Waals surface area contributed by atoms with E-state index in [1.54, 1.807) is 37.9 Å². The first-order chi connectivity index (χ1) is 11.4. The predicted octanol–water partition coefficient (Wildman–Crippen LogP) is 3.43. The van der Waals surface area contributed by atoms with E-state index >= 15 is 0 Å². The number of furan rings is 1. The van der Waals surface area contributed by atoms with Crippen LogP contribution in [-0.2, 0) is 4.79 Å². The number of carbonyl (C=O) groups is 2. The summed E-state index contributed by atoms with van der Waals surface area (Å²) < 4.78 is 5.42. The lowest BCUT2D eigenvalue weighted by molar-refractivity contribution is -0.120. The molecule has 1 aliphatic heterocycles. The van der Waals surface area contributed by atoms with Crippen molar-refractivity contribution in [3.05, 3.63) is 52.4 Å². The second kappa shape index (κ2) is 6.32. The van der Waals surface area contributed by atoms with Gasteiger partial charge >= 0.3 is 0 Å². The van der Waals surface area contributed by atoms with E-state index in [9.17, 15) is 9.59 Å². The van der Waals surface area contributed by atoms with Crippen molar-refractivity contribution in [2.75, 3.05) is 18.5 Å². The molecule has 2 amide bonds. The van der Waals surface area contributed by atoms with Crippen LogP contribution in [0.1, 0.15) is 28.3 Å². The number of para-hydroxylation sites is 1. The molecule has 0 bridgehead atoms. The number of nitrogens with zero attached hydrogens (tertiary/aromatic N) is 2. The minimum Gasteiger partial charge on any atom is -0.466 e. The Morgan fingerprint density at radius 1 is 1.33 bits per heavy atom. The van der Waals surface area contributed by atoms with Gasteiger partial charge < -0.3 is 14.2 Å². The van der Waals surface area contributed by atoms with Crippen molar-refractivity contribution in [3.8, 4) is 0 Å². The Hall–Kier alpha value is -2.27. The maximum absolute atomic E-state index is 12.8. The maximum atomic E-state index is 12.8. The summed E-state index contributed by atoms with van der Waals surface area (Å²) in [5, 5.41) is 0.529. The molecule has 0 radical (unpaired) electrons. The molecular formula is C18H19ClN2O3. The summed E-state index contributed by atoms with van der Waals surface area (Å²) in [5.74, 6) is 0.929. The number of halogens is 1. The predicted molar refractivity (Wildman–Crippen MR) is 92.5 cm³/mol. The fourth-order valence-electron chi connectivity index (χ4n) is 3.11. The Morgan fingerprint density at radius 3 is 2.67 bits per heavy atom. The van der Waals surface area contributed by atoms with Gasteiger partial charge in [0.25, 0.3) is 5.91 Å². The largest absolute Gasteiger partial charge is 0.466 e. The number of amides is 2. The molecule has 1 fully saturated rings. The van der Waals surface area contributed by atoms with Gasteiger partial charge in [0, 0.05) is 13.6 Å². The summed E-state index contributed by atoms with van der Waals surface area (Å²) in [6.45, 7) is 4.08. The number of anilines is 1. The second-order valence-corrected chi connectivity index (χ2v) is 6.40. The zero-order valence-electron chi connectivity index (χ0n) is 13.9. The first-order valence-corrected chi connectivity index (χ1v) is 8.18. The SMILES string of the molecule is Cc1cc(C(=O)N(C)C2CCN(c3ccccc3Cl)C2=O)c(C)o1. The molecule has 1 saturated heterocycles. The van der Waals surface area contributed by atoms with E-state index in [1.165, 1.54) is 4.90 Å². The molecule has 1 aliphatic rings. The normalized spacial score (nSPS) is 17.4. The lowest BCUT2D eigenvalue weighted by Gasteiger charge is -2.24. The summed E-state index contributed by atoms with van der Waals surface area (Å²) in [6.07, 6.45) is 0.572. The van der Waals surface area contributed by atoms with E-state index in [0.29, 0.717) is 40.8 Å². The Morgan fingerprint density at radius 2 is 2.04 bits per heavy atom. The highest BCUT2D eigenvalue weighted by Gasteiger charge is 2.38. The molecule has 2 heterocycles. The zero-order chi connectivity index (χ0) is 17.4. The molecule has 5 nitrogen and oxygen atoms in total. The first kappa shape index (κ1) is 16.6. The van der Waals surface area contributed by atoms with Crippen molar-refractivity contribution in [1.29, 1.82) is 0 Å². The molecule has 3 rings (SSSR count). The van der Waals surface area contributed by atoms with E-state index in [2.05, 4.69) is 0 Å². The minimum atomic E-state index is -0.497. The Balaban J connectivity index is 1.81. The van der Waals surface area contributed by atoms with Crippen LogP contribution in [0.5, 0.6) is 0 Å². The van der Waals surface area contributed by atoms with Crippen LogP contribution in [0.4, 0.5) is 5.69 Å². The van der Waals surface area contributed by atoms with Gasteiger partial charge in [-0.15, -0.1) is 0 Å². The van der Waals surface area contributed by atoms with Crippen molar-refractivity contribution in [2.45, 2.75) is 26.3 Å². The highest BCUT2D eigenvalue weighted by Crippen LogP contribution is 2.30. The molecule has 0 N–H and O–H groups in total. The quantitative estimate of drug-likeness (QED) is 0.855. The van der Waals surface area contributed by atoms with Gasteiger partial charge in [0.05, 0.1) is 16.3 Å². The number of likely N-dealkylation sites (N-methyl/N-ethyl adjacent to an activating group) is 1. The number of hydrogen-bond acceptors (Lipinski definition) is 3. The molecule has 24 heavy (non-hydrogen) atoms. The first-order valence-electron chi connectivity index (χ1n) is 7.80. The Labute approximate surface area is 145 Å². The van der Waals surface area contributed by atoms with Gasteiger partial charge in [-0.2, -0.15) is 0 Å². The molecule has 0 spiro atoms. The second-order valence-electron chi connectivity index (χ2n) is 5.99. The maximum Gasteiger partial charge on any atom is 0.257 e. The van der Waals surface area contributed by atoms with E-state index < -0.39 is 6.04 Å². The summed E-state index contributed by atoms with van der Waals surface area (Å²) in [6, 6.07) is 8.44. The lowest BCUT2D eigenvalue weighted by Crippen LogP contribution is -2.43. The molecule has 126 valence electrons. The van der Waals surface area contributed by atoms with Crippen LogP contribution >= 0.6 is 11.6 Å². The summed E-state index contributed by atoms with van der Waals surface area (Å²) in [5.41, 5.74) is 1.18. The van der Waals surface area contributed by atoms with Crippen molar-refractivity contribution < 1.29 is 14.0 Å². The Bertz CT molecular complexity index is 799. The van der Waals surface area contributed by atoms with Gasteiger partial charge in [-0.1, -0.05) is 23.7 Å². The van der Waals surface area contributed by atoms with Crippen molar-refractivity contribution >= 4 is 29.1 Å². The van der Waals surface area contributed by atoms with Crippen molar-refractivity contribution in [1.82, 2.24) is 4.90 Å². The number of hydrogen-bond donors (Lipinski definition) is 0. The van der Waals surface area contributed by atoms with Gasteiger partial charge in [0.15, 0.2) is 0 Å². The smallest absolute Gasteiger partial charge is 0.257 e. The van der Waals surface area contributed by atoms with Crippen LogP contribution in [0.25, 0.3) is 0 Å². The van der Waals surface area contributed by atoms with E-state index in [0.717, 1.165) is 0 Å². The number of aryl methyl sites for hydroxylation is 2. The third-order valence-electron chi connectivity index (χ3n) is 4.38. The number of rotatable bonds is 3. The fourth-order valence-corrected chi connectivity index (χ4v) is 3.35. The van der Waals surface area contributed by atoms with E-state index in [4.69, 9.17) is 16.0 Å². The third kappa shape index (κ3) is 2.80. The third-order valence-corrected chi connectivity index (χ3v) is 4.70. The standard InChI is InChI=1S/C18H19ClN2O3/c1-11-10-13(12(2)24-11)17(22)20(3)16-8-9-21(18(16)23)15-7-5-4-6-14(15)19/h4-7,10,16H,8-9H2,1-3H3. The highest BCUT2D eigenvalue weighted by atomic mass is 35.5. The molecule has 1 unspecified atom stereocenters. The Kier molecular flexibility index (Phi) is 4.37. The van der Waals surface area contributed by atoms with E-state index in [1.807, 2.05) is 18.2 Å². The highest BCUT2D eigenvalue weighted by molar-refractivity contribution is 6.34. The molecule has 1 aromatic heterocycles. The molecular weight excluding hydrogens is 328 g/mol. The van der Waals surface area contributed by atoms with Crippen LogP contribution in [0.3, 0.4) is 0 Å². The van der Waals surface area contributed by atoms with Crippen LogP contribution in [0.2, 0.25) is 5.02 Å². The van der Waals surface area contributed by atoms with E-state index in [-0.39, 0.29) is 11.8 Å². The van der Waals surface area contributed by atoms with Crippen molar-refractivity contribution in [3.63, 3.8) is 0 Å². The molecule has 2 aromatic rings. The zero-order valence-corrected chi connectivity index (χ0v) is 14.6. The molecule has 1 aromatic carbocycles. The lowest BCUT2D eigenvalue weighted by atomic mass is 10.1. The molecule has 0 aliphatic carbocycles. The summed E-state index contributed by atoms with van der Waals surface area (Å²) in [4.78, 5) is 28.6. The molecule has 0 saturated carbocycles. The van der Waals surface area contributed by atoms with Gasteiger partial charge in [-0.05, 0) is 38.5 Å². The number of benzene rings is 1. The summed E-state index contributed by atoms with van der Waals surface area (Å²) >= 11 is 6.19. The minimum absolute atomic E-state index is 0.114. The monoisotopic (exact) mass is 346 g/mol. The van der Waals surface area contributed by atoms with Crippen LogP contribution < -0.4 is 4.90 Å². The molecule has 1 atom stereocenters. The van der Waals surface area contributed by atoms with Gasteiger partial charge in [-0.25, -0.2) is 0 Å². The topological polar surface area (TPSA) is 53.8 Å². The summed E-state index contributed by atoms with van der Waals surface area (Å²) in [7, 11) is 1.66. The van der Waals surface area contributed by atoms with Crippen LogP contribution in [-0.4, -0.2) is 36.3 Å². The fraction of sp³-hybridized carbons (Fsp3) is 0.333. The number of carbonyl (C=O) groups excluding carboxylic acids is 2.